The Morgan fingerprint density at radius 3 is 2.77 bits per heavy atom. The van der Waals surface area contributed by atoms with E-state index >= 15 is 0 Å². The molecular weight excluding hydrogens is 174 g/mol. The first-order valence-electron chi connectivity index (χ1n) is 3.90. The summed E-state index contributed by atoms with van der Waals surface area (Å²) in [6.45, 7) is 0.694. The Morgan fingerprint density at radius 2 is 2.23 bits per heavy atom. The van der Waals surface area contributed by atoms with Crippen molar-refractivity contribution < 1.29 is 4.79 Å². The molecule has 1 aromatic rings. The summed E-state index contributed by atoms with van der Waals surface area (Å²) in [6, 6.07) is -0.114. The molecule has 1 fully saturated rings. The second-order valence-electron chi connectivity index (χ2n) is 2.80. The number of H-pyrrole nitrogens is 2. The van der Waals surface area contributed by atoms with Gasteiger partial charge in [0, 0.05) is 6.54 Å². The average Bonchev–Trinajstić information content (AvgIpc) is 2.53. The first-order valence-corrected chi connectivity index (χ1v) is 3.90. The van der Waals surface area contributed by atoms with E-state index in [2.05, 4.69) is 25.8 Å². The molecule has 7 nitrogen and oxygen atoms in total. The number of hydrogen-bond acceptors (Lipinski definition) is 4. The summed E-state index contributed by atoms with van der Waals surface area (Å²) in [5.41, 5.74) is -0.339. The molecule has 1 atom stereocenters. The van der Waals surface area contributed by atoms with Crippen molar-refractivity contribution in [2.75, 3.05) is 13.1 Å². The number of amides is 1. The molecule has 4 N–H and O–H groups in total. The molecule has 0 saturated carbocycles. The van der Waals surface area contributed by atoms with E-state index in [4.69, 9.17) is 0 Å². The largest absolute Gasteiger partial charge is 0.353 e. The topological polar surface area (TPSA) is 103 Å². The van der Waals surface area contributed by atoms with E-state index in [0.29, 0.717) is 12.4 Å². The first-order chi connectivity index (χ1) is 6.25. The maximum Gasteiger partial charge on any atom is 0.340 e. The first kappa shape index (κ1) is 7.99. The highest BCUT2D eigenvalue weighted by Gasteiger charge is 2.20. The Hall–Kier alpha value is -1.63. The van der Waals surface area contributed by atoms with Crippen LogP contribution in [0.15, 0.2) is 4.79 Å². The number of aromatic nitrogens is 3. The van der Waals surface area contributed by atoms with Crippen molar-refractivity contribution in [2.45, 2.75) is 6.04 Å². The molecule has 2 heterocycles. The summed E-state index contributed by atoms with van der Waals surface area (Å²) in [7, 11) is 0. The van der Waals surface area contributed by atoms with Gasteiger partial charge >= 0.3 is 5.69 Å². The third-order valence-electron chi connectivity index (χ3n) is 1.86. The smallest absolute Gasteiger partial charge is 0.340 e. The molecule has 1 aromatic heterocycles. The van der Waals surface area contributed by atoms with Crippen molar-refractivity contribution in [3.8, 4) is 0 Å². The summed E-state index contributed by atoms with van der Waals surface area (Å²) >= 11 is 0. The Bertz CT molecular complexity index is 357. The van der Waals surface area contributed by atoms with Crippen LogP contribution in [-0.2, 0) is 4.79 Å². The van der Waals surface area contributed by atoms with Gasteiger partial charge in [-0.25, -0.2) is 9.89 Å². The quantitative estimate of drug-likeness (QED) is 0.399. The van der Waals surface area contributed by atoms with Crippen molar-refractivity contribution in [3.63, 3.8) is 0 Å². The fourth-order valence-corrected chi connectivity index (χ4v) is 1.21. The molecule has 0 aliphatic carbocycles. The van der Waals surface area contributed by atoms with Gasteiger partial charge in [-0.1, -0.05) is 0 Å². The average molecular weight is 183 g/mol. The van der Waals surface area contributed by atoms with Gasteiger partial charge in [-0.05, 0) is 0 Å². The van der Waals surface area contributed by atoms with Crippen LogP contribution in [-0.4, -0.2) is 34.2 Å². The van der Waals surface area contributed by atoms with Crippen molar-refractivity contribution in [1.29, 1.82) is 0 Å². The number of aromatic amines is 2. The van der Waals surface area contributed by atoms with Crippen LogP contribution in [0.3, 0.4) is 0 Å². The summed E-state index contributed by atoms with van der Waals surface area (Å²) in [5, 5.41) is 11.6. The molecule has 1 saturated heterocycles. The van der Waals surface area contributed by atoms with Gasteiger partial charge in [0.1, 0.15) is 5.82 Å². The van der Waals surface area contributed by atoms with Crippen LogP contribution < -0.4 is 16.3 Å². The fraction of sp³-hybridized carbons (Fsp3) is 0.500. The Balaban J connectivity index is 2.10. The normalized spacial score (nSPS) is 22.8. The number of piperazine rings is 1. The van der Waals surface area contributed by atoms with Gasteiger partial charge in [0.15, 0.2) is 0 Å². The van der Waals surface area contributed by atoms with Crippen LogP contribution in [0.1, 0.15) is 11.9 Å². The van der Waals surface area contributed by atoms with Gasteiger partial charge in [-0.15, -0.1) is 0 Å². The van der Waals surface area contributed by atoms with Gasteiger partial charge in [0.25, 0.3) is 0 Å². The predicted octanol–water partition coefficient (Wildman–Crippen LogP) is -2.14. The van der Waals surface area contributed by atoms with Crippen molar-refractivity contribution in [2.24, 2.45) is 0 Å². The summed E-state index contributed by atoms with van der Waals surface area (Å²) in [5.74, 6) is 0.471. The zero-order chi connectivity index (χ0) is 9.26. The van der Waals surface area contributed by atoms with E-state index in [-0.39, 0.29) is 24.2 Å². The highest BCUT2D eigenvalue weighted by Crippen LogP contribution is 2.04. The summed E-state index contributed by atoms with van der Waals surface area (Å²) < 4.78 is 0. The number of hydrogen-bond donors (Lipinski definition) is 4. The molecule has 0 radical (unpaired) electrons. The second kappa shape index (κ2) is 3.02. The maximum atomic E-state index is 10.8. The lowest BCUT2D eigenvalue weighted by atomic mass is 10.2. The van der Waals surface area contributed by atoms with Crippen molar-refractivity contribution in [3.05, 3.63) is 16.3 Å². The van der Waals surface area contributed by atoms with Gasteiger partial charge in [-0.3, -0.25) is 15.1 Å². The Kier molecular flexibility index (Phi) is 1.85. The van der Waals surface area contributed by atoms with E-state index in [1.165, 1.54) is 0 Å². The molecular formula is C6H9N5O2. The fourth-order valence-electron chi connectivity index (χ4n) is 1.21. The van der Waals surface area contributed by atoms with E-state index in [1.54, 1.807) is 0 Å². The maximum absolute atomic E-state index is 10.8. The molecule has 0 bridgehead atoms. The minimum atomic E-state index is -0.339. The van der Waals surface area contributed by atoms with E-state index in [0.717, 1.165) is 0 Å². The highest BCUT2D eigenvalue weighted by atomic mass is 16.2. The van der Waals surface area contributed by atoms with E-state index in [9.17, 15) is 9.59 Å². The Labute approximate surface area is 72.9 Å². The third-order valence-corrected chi connectivity index (χ3v) is 1.86. The highest BCUT2D eigenvalue weighted by molar-refractivity contribution is 5.78. The van der Waals surface area contributed by atoms with Crippen LogP contribution in [0.5, 0.6) is 0 Å². The van der Waals surface area contributed by atoms with Crippen LogP contribution >= 0.6 is 0 Å². The molecule has 70 valence electrons. The van der Waals surface area contributed by atoms with Crippen molar-refractivity contribution >= 4 is 5.91 Å². The molecule has 2 rings (SSSR count). The monoisotopic (exact) mass is 183 g/mol. The molecule has 0 spiro atoms. The van der Waals surface area contributed by atoms with Gasteiger partial charge < -0.3 is 5.32 Å². The molecule has 1 unspecified atom stereocenters. The zero-order valence-electron chi connectivity index (χ0n) is 6.76. The standard InChI is InChI=1S/C6H9N5O2/c12-4-2-7-3(1-8-4)5-9-6(13)11-10-5/h3,7H,1-2H2,(H,8,12)(H2,9,10,11,13). The Morgan fingerprint density at radius 1 is 1.38 bits per heavy atom. The minimum Gasteiger partial charge on any atom is -0.353 e. The molecule has 0 aromatic carbocycles. The molecule has 7 heteroatoms. The SMILES string of the molecule is O=C1CNC(c2n[nH]c(=O)[nH]2)CN1. The van der Waals surface area contributed by atoms with Crippen molar-refractivity contribution in [1.82, 2.24) is 25.8 Å². The van der Waals surface area contributed by atoms with Crippen LogP contribution in [0.25, 0.3) is 0 Å². The van der Waals surface area contributed by atoms with E-state index < -0.39 is 0 Å². The molecule has 13 heavy (non-hydrogen) atoms. The molecule has 1 aliphatic heterocycles. The summed E-state index contributed by atoms with van der Waals surface area (Å²) in [4.78, 5) is 24.0. The number of nitrogens with one attached hydrogen (secondary N) is 4. The zero-order valence-corrected chi connectivity index (χ0v) is 6.76. The lowest BCUT2D eigenvalue weighted by Gasteiger charge is -2.21. The van der Waals surface area contributed by atoms with E-state index in [1.807, 2.05) is 0 Å². The number of nitrogens with zero attached hydrogens (tertiary/aromatic N) is 1. The lowest BCUT2D eigenvalue weighted by molar-refractivity contribution is -0.121. The lowest BCUT2D eigenvalue weighted by Crippen LogP contribution is -2.47. The van der Waals surface area contributed by atoms with Gasteiger partial charge in [0.2, 0.25) is 5.91 Å². The number of carbonyl (C=O) groups is 1. The predicted molar refractivity (Wildman–Crippen MR) is 43.0 cm³/mol. The number of rotatable bonds is 1. The molecule has 1 aliphatic rings. The van der Waals surface area contributed by atoms with Crippen LogP contribution in [0.4, 0.5) is 0 Å². The minimum absolute atomic E-state index is 0.0471. The molecule has 1 amide bonds. The van der Waals surface area contributed by atoms with Gasteiger partial charge in [0.05, 0.1) is 12.6 Å². The van der Waals surface area contributed by atoms with Crippen LogP contribution in [0.2, 0.25) is 0 Å². The number of carbonyl (C=O) groups excluding carboxylic acids is 1. The van der Waals surface area contributed by atoms with Crippen LogP contribution in [0, 0.1) is 0 Å². The third kappa shape index (κ3) is 1.59. The second-order valence-corrected chi connectivity index (χ2v) is 2.80. The van der Waals surface area contributed by atoms with Gasteiger partial charge in [-0.2, -0.15) is 5.10 Å². The summed E-state index contributed by atoms with van der Waals surface area (Å²) in [6.07, 6.45) is 0.